The third kappa shape index (κ3) is 3.36. The van der Waals surface area contributed by atoms with Crippen LogP contribution in [0, 0.1) is 5.41 Å². The van der Waals surface area contributed by atoms with Crippen LogP contribution < -0.4 is 10.1 Å². The van der Waals surface area contributed by atoms with Gasteiger partial charge in [-0.3, -0.25) is 4.98 Å². The Morgan fingerprint density at radius 1 is 1.26 bits per heavy atom. The molecule has 0 bridgehead atoms. The van der Waals surface area contributed by atoms with E-state index < -0.39 is 10.0 Å². The summed E-state index contributed by atoms with van der Waals surface area (Å²) in [6, 6.07) is 1.62. The van der Waals surface area contributed by atoms with Gasteiger partial charge in [-0.1, -0.05) is 0 Å². The van der Waals surface area contributed by atoms with Gasteiger partial charge in [-0.2, -0.15) is 4.31 Å². The quantitative estimate of drug-likeness (QED) is 0.903. The lowest BCUT2D eigenvalue weighted by molar-refractivity contribution is 0.110. The van der Waals surface area contributed by atoms with E-state index in [1.54, 1.807) is 16.6 Å². The summed E-state index contributed by atoms with van der Waals surface area (Å²) in [5.74, 6) is 0.393. The first-order chi connectivity index (χ1) is 11.1. The molecule has 2 saturated heterocycles. The fourth-order valence-electron chi connectivity index (χ4n) is 3.63. The van der Waals surface area contributed by atoms with Gasteiger partial charge in [0.15, 0.2) is 0 Å². The van der Waals surface area contributed by atoms with Crippen LogP contribution in [0.1, 0.15) is 32.6 Å². The number of rotatable bonds is 4. The van der Waals surface area contributed by atoms with E-state index in [0.717, 1.165) is 38.8 Å². The Kier molecular flexibility index (Phi) is 4.89. The van der Waals surface area contributed by atoms with Gasteiger partial charge in [0.2, 0.25) is 10.0 Å². The molecule has 0 unspecified atom stereocenters. The van der Waals surface area contributed by atoms with Gasteiger partial charge < -0.3 is 10.1 Å². The van der Waals surface area contributed by atoms with Crippen LogP contribution in [0.2, 0.25) is 0 Å². The molecule has 1 N–H and O–H groups in total. The van der Waals surface area contributed by atoms with Gasteiger partial charge in [0.25, 0.3) is 0 Å². The van der Waals surface area contributed by atoms with Crippen molar-refractivity contribution in [1.82, 2.24) is 14.6 Å². The van der Waals surface area contributed by atoms with Crippen LogP contribution in [0.25, 0.3) is 0 Å². The second-order valence-electron chi connectivity index (χ2n) is 6.41. The second kappa shape index (κ2) is 6.75. The largest absolute Gasteiger partial charge is 0.492 e. The Hall–Kier alpha value is -1.18. The molecule has 1 aromatic rings. The van der Waals surface area contributed by atoms with Gasteiger partial charge in [0, 0.05) is 19.3 Å². The number of nitrogens with zero attached hydrogens (tertiary/aromatic N) is 2. The van der Waals surface area contributed by atoms with Crippen molar-refractivity contribution in [1.29, 1.82) is 0 Å². The Bertz CT molecular complexity index is 632. The smallest absolute Gasteiger partial charge is 0.248 e. The molecule has 3 heterocycles. The highest BCUT2D eigenvalue weighted by Crippen LogP contribution is 2.41. The average Bonchev–Trinajstić information content (AvgIpc) is 2.57. The monoisotopic (exact) mass is 339 g/mol. The molecule has 7 heteroatoms. The van der Waals surface area contributed by atoms with Crippen molar-refractivity contribution >= 4 is 10.0 Å². The molecule has 2 aliphatic rings. The number of piperidine rings is 2. The standard InChI is InChI=1S/C16H25N3O3S/c1-2-22-14-3-8-18-13-15(14)23(20,21)19-11-6-16(7-12-19)4-9-17-10-5-16/h3,8,13,17H,2,4-7,9-12H2,1H3. The van der Waals surface area contributed by atoms with Crippen LogP contribution in [0.3, 0.4) is 0 Å². The number of aromatic nitrogens is 1. The third-order valence-electron chi connectivity index (χ3n) is 5.11. The number of nitrogens with one attached hydrogen (secondary N) is 1. The molecule has 0 amide bonds. The van der Waals surface area contributed by atoms with Gasteiger partial charge >= 0.3 is 0 Å². The zero-order valence-corrected chi connectivity index (χ0v) is 14.4. The highest BCUT2D eigenvalue weighted by Gasteiger charge is 2.39. The third-order valence-corrected chi connectivity index (χ3v) is 7.02. The van der Waals surface area contributed by atoms with Crippen molar-refractivity contribution in [2.75, 3.05) is 32.8 Å². The normalized spacial score (nSPS) is 22.1. The number of sulfonamides is 1. The molecule has 0 aromatic carbocycles. The zero-order chi connectivity index (χ0) is 16.3. The molecule has 2 aliphatic heterocycles. The highest BCUT2D eigenvalue weighted by atomic mass is 32.2. The van der Waals surface area contributed by atoms with Crippen LogP contribution in [0.5, 0.6) is 5.75 Å². The summed E-state index contributed by atoms with van der Waals surface area (Å²) in [5, 5.41) is 3.39. The topological polar surface area (TPSA) is 71.5 Å². The lowest BCUT2D eigenvalue weighted by Gasteiger charge is -2.43. The summed E-state index contributed by atoms with van der Waals surface area (Å²) in [7, 11) is -3.54. The summed E-state index contributed by atoms with van der Waals surface area (Å²) in [5.41, 5.74) is 0.328. The van der Waals surface area contributed by atoms with Gasteiger partial charge in [0.1, 0.15) is 10.6 Å². The number of pyridine rings is 1. The van der Waals surface area contributed by atoms with Crippen molar-refractivity contribution in [2.24, 2.45) is 5.41 Å². The van der Waals surface area contributed by atoms with Crippen molar-refractivity contribution in [3.63, 3.8) is 0 Å². The lowest BCUT2D eigenvalue weighted by atomic mass is 9.72. The number of ether oxygens (including phenoxy) is 1. The van der Waals surface area contributed by atoms with Gasteiger partial charge in [-0.05, 0) is 57.2 Å². The minimum atomic E-state index is -3.54. The van der Waals surface area contributed by atoms with Gasteiger partial charge in [-0.25, -0.2) is 8.42 Å². The maximum absolute atomic E-state index is 12.9. The van der Waals surface area contributed by atoms with E-state index in [-0.39, 0.29) is 4.90 Å². The van der Waals surface area contributed by atoms with Crippen LogP contribution in [-0.4, -0.2) is 50.5 Å². The summed E-state index contributed by atoms with van der Waals surface area (Å²) >= 11 is 0. The minimum absolute atomic E-state index is 0.183. The average molecular weight is 339 g/mol. The Morgan fingerprint density at radius 2 is 1.96 bits per heavy atom. The lowest BCUT2D eigenvalue weighted by Crippen LogP contribution is -2.47. The van der Waals surface area contributed by atoms with Gasteiger partial charge in [0.05, 0.1) is 12.8 Å². The Labute approximate surface area is 138 Å². The van der Waals surface area contributed by atoms with Crippen molar-refractivity contribution < 1.29 is 13.2 Å². The fourth-order valence-corrected chi connectivity index (χ4v) is 5.15. The first-order valence-corrected chi connectivity index (χ1v) is 9.79. The van der Waals surface area contributed by atoms with E-state index in [9.17, 15) is 8.42 Å². The predicted octanol–water partition coefficient (Wildman–Crippen LogP) is 1.63. The van der Waals surface area contributed by atoms with Crippen molar-refractivity contribution in [3.8, 4) is 5.75 Å². The highest BCUT2D eigenvalue weighted by molar-refractivity contribution is 7.89. The number of hydrogen-bond acceptors (Lipinski definition) is 5. The van der Waals surface area contributed by atoms with Crippen LogP contribution in [0.15, 0.2) is 23.4 Å². The molecule has 1 spiro atoms. The van der Waals surface area contributed by atoms with Crippen LogP contribution in [0.4, 0.5) is 0 Å². The first-order valence-electron chi connectivity index (χ1n) is 8.35. The molecular formula is C16H25N3O3S. The summed E-state index contributed by atoms with van der Waals surface area (Å²) in [6.45, 7) is 5.54. The minimum Gasteiger partial charge on any atom is -0.492 e. The molecule has 0 saturated carbocycles. The van der Waals surface area contributed by atoms with E-state index in [1.807, 2.05) is 6.92 Å². The van der Waals surface area contributed by atoms with E-state index in [0.29, 0.717) is 30.9 Å². The van der Waals surface area contributed by atoms with E-state index in [1.165, 1.54) is 6.20 Å². The predicted molar refractivity (Wildman–Crippen MR) is 87.9 cm³/mol. The summed E-state index contributed by atoms with van der Waals surface area (Å²) in [6.07, 6.45) is 7.14. The molecule has 6 nitrogen and oxygen atoms in total. The molecule has 128 valence electrons. The van der Waals surface area contributed by atoms with Crippen LogP contribution in [-0.2, 0) is 10.0 Å². The van der Waals surface area contributed by atoms with Crippen LogP contribution >= 0.6 is 0 Å². The van der Waals surface area contributed by atoms with Gasteiger partial charge in [-0.15, -0.1) is 0 Å². The summed E-state index contributed by atoms with van der Waals surface area (Å²) in [4.78, 5) is 4.16. The molecule has 0 aliphatic carbocycles. The SMILES string of the molecule is CCOc1ccncc1S(=O)(=O)N1CCC2(CCNCC2)CC1. The van der Waals surface area contributed by atoms with E-state index >= 15 is 0 Å². The Balaban J connectivity index is 1.77. The zero-order valence-electron chi connectivity index (χ0n) is 13.6. The summed E-state index contributed by atoms with van der Waals surface area (Å²) < 4.78 is 33.0. The maximum atomic E-state index is 12.9. The maximum Gasteiger partial charge on any atom is 0.248 e. The molecular weight excluding hydrogens is 314 g/mol. The van der Waals surface area contributed by atoms with E-state index in [4.69, 9.17) is 4.74 Å². The first kappa shape index (κ1) is 16.7. The van der Waals surface area contributed by atoms with E-state index in [2.05, 4.69) is 10.3 Å². The molecule has 23 heavy (non-hydrogen) atoms. The number of hydrogen-bond donors (Lipinski definition) is 1. The molecule has 1 aromatic heterocycles. The second-order valence-corrected chi connectivity index (χ2v) is 8.32. The van der Waals surface area contributed by atoms with Crippen molar-refractivity contribution in [2.45, 2.75) is 37.5 Å². The Morgan fingerprint density at radius 3 is 2.61 bits per heavy atom. The molecule has 2 fully saturated rings. The van der Waals surface area contributed by atoms with Crippen molar-refractivity contribution in [3.05, 3.63) is 18.5 Å². The molecule has 0 atom stereocenters. The molecule has 0 radical (unpaired) electrons. The fraction of sp³-hybridized carbons (Fsp3) is 0.688. The molecule has 3 rings (SSSR count).